The maximum atomic E-state index is 15.6. The molecule has 33 heavy (non-hydrogen) atoms. The van der Waals surface area contributed by atoms with Crippen LogP contribution in [0.15, 0.2) is 17.3 Å². The van der Waals surface area contributed by atoms with Crippen molar-refractivity contribution in [1.82, 2.24) is 0 Å². The minimum Gasteiger partial charge on any atom is -0.203 e. The Labute approximate surface area is 196 Å². The van der Waals surface area contributed by atoms with Gasteiger partial charge in [-0.1, -0.05) is 76.3 Å². The highest BCUT2D eigenvalue weighted by Crippen LogP contribution is 3.01. The maximum Gasteiger partial charge on any atom is 0.200 e. The second-order valence-corrected chi connectivity index (χ2v) is 29.3. The highest BCUT2D eigenvalue weighted by molar-refractivity contribution is 6.91. The molecule has 6 rings (SSSR count). The van der Waals surface area contributed by atoms with Crippen molar-refractivity contribution >= 4 is 29.8 Å². The monoisotopic (exact) mass is 512 g/mol. The molecule has 0 amide bonds. The lowest BCUT2D eigenvalue weighted by atomic mass is 9.78. The molecule has 1 aromatic rings. The molecule has 6 atom stereocenters. The SMILES string of the molecule is C[Si](C)(C)C1=C(c2c(F)c(F)c(F)c(F)c2F)[C@@]2([Si](C)(C)C)[C@@H]3C=C[C@H]4[C@@H]([C@H]13)[C@]42[Si](C)(C)C. The van der Waals surface area contributed by atoms with Gasteiger partial charge in [0.05, 0.1) is 29.8 Å². The number of rotatable bonds is 4. The van der Waals surface area contributed by atoms with Crippen LogP contribution in [0.4, 0.5) is 22.0 Å². The van der Waals surface area contributed by atoms with Crippen molar-refractivity contribution in [2.45, 2.75) is 69.0 Å². The molecule has 8 heteroatoms. The number of hydrogen-bond acceptors (Lipinski definition) is 0. The summed E-state index contributed by atoms with van der Waals surface area (Å²) in [6.07, 6.45) is 4.58. The first-order valence-electron chi connectivity index (χ1n) is 11.8. The largest absolute Gasteiger partial charge is 0.203 e. The number of allylic oxidation sites excluding steroid dienone is 4. The predicted molar refractivity (Wildman–Crippen MR) is 132 cm³/mol. The van der Waals surface area contributed by atoms with Gasteiger partial charge in [0, 0.05) is 5.04 Å². The Hall–Kier alpha value is -0.999. The molecule has 1 aromatic carbocycles. The summed E-state index contributed by atoms with van der Waals surface area (Å²) in [7, 11) is -6.39. The normalized spacial score (nSPS) is 36.8. The van der Waals surface area contributed by atoms with Gasteiger partial charge < -0.3 is 0 Å². The van der Waals surface area contributed by atoms with Crippen molar-refractivity contribution in [2.75, 3.05) is 0 Å². The first-order chi connectivity index (χ1) is 14.9. The fraction of sp³-hybridized carbons (Fsp3) is 0.600. The Kier molecular flexibility index (Phi) is 4.47. The van der Waals surface area contributed by atoms with Crippen molar-refractivity contribution in [2.24, 2.45) is 23.7 Å². The van der Waals surface area contributed by atoms with E-state index in [0.717, 1.165) is 5.20 Å². The lowest BCUT2D eigenvalue weighted by molar-refractivity contribution is 0.372. The second kappa shape index (κ2) is 6.22. The summed E-state index contributed by atoms with van der Waals surface area (Å²) >= 11 is 0. The third kappa shape index (κ3) is 2.28. The van der Waals surface area contributed by atoms with Crippen molar-refractivity contribution in [1.29, 1.82) is 0 Å². The predicted octanol–water partition coefficient (Wildman–Crippen LogP) is 8.25. The molecule has 2 saturated carbocycles. The molecular formula is C25H33F5Si3. The van der Waals surface area contributed by atoms with E-state index in [1.807, 2.05) is 0 Å². The summed E-state index contributed by atoms with van der Waals surface area (Å²) in [6, 6.07) is 0. The van der Waals surface area contributed by atoms with Crippen molar-refractivity contribution < 1.29 is 22.0 Å². The molecule has 5 aliphatic carbocycles. The highest BCUT2D eigenvalue weighted by Gasteiger charge is 2.92. The Bertz CT molecular complexity index is 1140. The molecule has 0 spiro atoms. The topological polar surface area (TPSA) is 0 Å². The summed E-state index contributed by atoms with van der Waals surface area (Å²) in [4.78, 5) is 0. The standard InChI is InChI=1S/C25H33F5Si3/c1-31(2,3)23-14-12-10-11-13-16(14)25(13,33(7,8)9)24(12,32(4,5)6)17(23)15-18(26)20(28)22(30)21(29)19(15)27/h10-14,16H,1-9H3/t12-,13+,14-,16+,24+,25-/m1/s1. The van der Waals surface area contributed by atoms with Gasteiger partial charge in [-0.2, -0.15) is 0 Å². The Morgan fingerprint density at radius 3 is 1.52 bits per heavy atom. The maximum absolute atomic E-state index is 15.6. The molecule has 5 aliphatic rings. The van der Waals surface area contributed by atoms with Crippen LogP contribution < -0.4 is 0 Å². The first kappa shape index (κ1) is 23.7. The van der Waals surface area contributed by atoms with Crippen LogP contribution in [-0.2, 0) is 0 Å². The molecule has 0 unspecified atom stereocenters. The second-order valence-electron chi connectivity index (χ2n) is 13.6. The van der Waals surface area contributed by atoms with Crippen LogP contribution in [0.2, 0.25) is 69.0 Å². The fourth-order valence-electron chi connectivity index (χ4n) is 9.25. The molecular weight excluding hydrogens is 480 g/mol. The van der Waals surface area contributed by atoms with Gasteiger partial charge in [0.2, 0.25) is 5.82 Å². The summed E-state index contributed by atoms with van der Waals surface area (Å²) in [5.41, 5.74) is -0.0788. The summed E-state index contributed by atoms with van der Waals surface area (Å²) in [5, 5.41) is 0.448. The lowest BCUT2D eigenvalue weighted by Crippen LogP contribution is -2.54. The van der Waals surface area contributed by atoms with Gasteiger partial charge >= 0.3 is 0 Å². The lowest BCUT2D eigenvalue weighted by Gasteiger charge is -2.57. The molecule has 0 aromatic heterocycles. The van der Waals surface area contributed by atoms with Gasteiger partial charge in [-0.3, -0.25) is 0 Å². The highest BCUT2D eigenvalue weighted by atomic mass is 28.3. The van der Waals surface area contributed by atoms with Crippen molar-refractivity contribution in [3.63, 3.8) is 0 Å². The van der Waals surface area contributed by atoms with E-state index in [1.54, 1.807) is 0 Å². The zero-order valence-corrected chi connectivity index (χ0v) is 23.9. The van der Waals surface area contributed by atoms with Crippen molar-refractivity contribution in [3.8, 4) is 0 Å². The fourth-order valence-corrected chi connectivity index (χ4v) is 21.9. The van der Waals surface area contributed by atoms with Gasteiger partial charge in [-0.05, 0) is 34.3 Å². The molecule has 6 bridgehead atoms. The van der Waals surface area contributed by atoms with Crippen LogP contribution in [0.5, 0.6) is 0 Å². The summed E-state index contributed by atoms with van der Waals surface area (Å²) in [6.45, 7) is 20.2. The molecule has 0 nitrogen and oxygen atoms in total. The van der Waals surface area contributed by atoms with Crippen molar-refractivity contribution in [3.05, 3.63) is 52.0 Å². The van der Waals surface area contributed by atoms with Gasteiger partial charge in [0.1, 0.15) is 0 Å². The molecule has 0 N–H and O–H groups in total. The zero-order chi connectivity index (χ0) is 24.8. The molecule has 0 heterocycles. The Balaban J connectivity index is 2.01. The average Bonchev–Trinajstić information content (AvgIpc) is 3.21. The van der Waals surface area contributed by atoms with E-state index in [9.17, 15) is 13.2 Å². The van der Waals surface area contributed by atoms with Gasteiger partial charge in [0.15, 0.2) is 23.3 Å². The van der Waals surface area contributed by atoms with Crippen LogP contribution in [0.25, 0.3) is 5.57 Å². The van der Waals surface area contributed by atoms with E-state index in [-0.39, 0.29) is 16.9 Å². The molecule has 0 radical (unpaired) electrons. The number of halogens is 5. The van der Waals surface area contributed by atoms with Gasteiger partial charge in [-0.15, -0.1) is 0 Å². The van der Waals surface area contributed by atoms with Crippen LogP contribution in [0.1, 0.15) is 5.56 Å². The van der Waals surface area contributed by atoms with E-state index < -0.39 is 63.9 Å². The van der Waals surface area contributed by atoms with Crippen LogP contribution in [-0.4, -0.2) is 24.2 Å². The average molecular weight is 513 g/mol. The van der Waals surface area contributed by atoms with Gasteiger partial charge in [-0.25, -0.2) is 22.0 Å². The van der Waals surface area contributed by atoms with Gasteiger partial charge in [0.25, 0.3) is 0 Å². The molecule has 2 fully saturated rings. The minimum absolute atomic E-state index is 0.0900. The molecule has 0 aliphatic heterocycles. The quantitative estimate of drug-likeness (QED) is 0.125. The van der Waals surface area contributed by atoms with E-state index in [0.29, 0.717) is 17.4 Å². The Morgan fingerprint density at radius 1 is 0.636 bits per heavy atom. The van der Waals surface area contributed by atoms with Crippen LogP contribution in [0, 0.1) is 52.8 Å². The smallest absolute Gasteiger partial charge is 0.200 e. The number of benzene rings is 1. The summed E-state index contributed by atoms with van der Waals surface area (Å²) in [5.74, 6) is -7.97. The molecule has 0 saturated heterocycles. The Morgan fingerprint density at radius 2 is 1.09 bits per heavy atom. The van der Waals surface area contributed by atoms with E-state index in [2.05, 4.69) is 71.1 Å². The molecule has 180 valence electrons. The van der Waals surface area contributed by atoms with E-state index in [4.69, 9.17) is 0 Å². The van der Waals surface area contributed by atoms with Crippen LogP contribution in [0.3, 0.4) is 0 Å². The zero-order valence-electron chi connectivity index (χ0n) is 20.9. The van der Waals surface area contributed by atoms with Crippen LogP contribution >= 0.6 is 0 Å². The third-order valence-electron chi connectivity index (χ3n) is 9.47. The third-order valence-corrected chi connectivity index (χ3v) is 18.8. The van der Waals surface area contributed by atoms with E-state index >= 15 is 8.78 Å². The van der Waals surface area contributed by atoms with E-state index in [1.165, 1.54) is 0 Å². The first-order valence-corrected chi connectivity index (χ1v) is 22.3. The number of hydrogen-bond donors (Lipinski definition) is 0. The summed E-state index contributed by atoms with van der Waals surface area (Å²) < 4.78 is 74.4. The minimum atomic E-state index is -2.27.